The number of hydrogen-bond donors (Lipinski definition) is 0. The molecular weight excluding hydrogens is 176 g/mol. The van der Waals surface area contributed by atoms with Crippen molar-refractivity contribution in [1.29, 1.82) is 0 Å². The van der Waals surface area contributed by atoms with Crippen LogP contribution in [0.3, 0.4) is 0 Å². The Morgan fingerprint density at radius 3 is 2.71 bits per heavy atom. The van der Waals surface area contributed by atoms with E-state index in [1.807, 2.05) is 37.3 Å². The lowest BCUT2D eigenvalue weighted by Crippen LogP contribution is -2.03. The second kappa shape index (κ2) is 4.29. The maximum Gasteiger partial charge on any atom is 0.119 e. The van der Waals surface area contributed by atoms with Gasteiger partial charge in [-0.15, -0.1) is 0 Å². The Kier molecular flexibility index (Phi) is 2.84. The van der Waals surface area contributed by atoms with Gasteiger partial charge < -0.3 is 9.47 Å². The molecule has 1 aromatic carbocycles. The maximum atomic E-state index is 5.51. The minimum atomic E-state index is 0.324. The Hall–Kier alpha value is -1.28. The molecule has 14 heavy (non-hydrogen) atoms. The van der Waals surface area contributed by atoms with Crippen LogP contribution >= 0.6 is 0 Å². The fourth-order valence-corrected chi connectivity index (χ4v) is 1.22. The van der Waals surface area contributed by atoms with Gasteiger partial charge in [0.1, 0.15) is 18.5 Å². The van der Waals surface area contributed by atoms with Gasteiger partial charge in [-0.3, -0.25) is 0 Å². The van der Waals surface area contributed by atoms with E-state index in [0.29, 0.717) is 12.7 Å². The third kappa shape index (κ3) is 2.60. The molecule has 2 heteroatoms. The molecule has 1 aromatic rings. The number of allylic oxidation sites excluding steroid dienone is 1. The van der Waals surface area contributed by atoms with E-state index in [0.717, 1.165) is 12.4 Å². The first-order chi connectivity index (χ1) is 6.88. The molecule has 0 aliphatic carbocycles. The van der Waals surface area contributed by atoms with Crippen LogP contribution in [0.4, 0.5) is 0 Å². The third-order valence-electron chi connectivity index (χ3n) is 2.08. The smallest absolute Gasteiger partial charge is 0.119 e. The van der Waals surface area contributed by atoms with Crippen LogP contribution < -0.4 is 4.74 Å². The summed E-state index contributed by atoms with van der Waals surface area (Å²) in [5.41, 5.74) is 1.20. The molecule has 0 saturated carbocycles. The lowest BCUT2D eigenvalue weighted by atomic mass is 10.2. The van der Waals surface area contributed by atoms with Gasteiger partial charge in [-0.25, -0.2) is 0 Å². The number of hydrogen-bond acceptors (Lipinski definition) is 2. The Morgan fingerprint density at radius 2 is 2.14 bits per heavy atom. The molecule has 0 spiro atoms. The summed E-state index contributed by atoms with van der Waals surface area (Å²) < 4.78 is 10.6. The first kappa shape index (κ1) is 9.28. The standard InChI is InChI=1S/C12H14O2/c1-2-3-10-4-6-11(7-5-10)13-8-12-9-14-12/h2-7,12H,8-9H2,1H3/b3-2-. The van der Waals surface area contributed by atoms with Crippen LogP contribution in [0.15, 0.2) is 30.3 Å². The topological polar surface area (TPSA) is 21.8 Å². The van der Waals surface area contributed by atoms with Crippen molar-refractivity contribution in [2.75, 3.05) is 13.2 Å². The zero-order chi connectivity index (χ0) is 9.80. The van der Waals surface area contributed by atoms with Gasteiger partial charge in [0.15, 0.2) is 0 Å². The van der Waals surface area contributed by atoms with Crippen LogP contribution in [0.25, 0.3) is 6.08 Å². The quantitative estimate of drug-likeness (QED) is 0.680. The molecule has 0 radical (unpaired) electrons. The van der Waals surface area contributed by atoms with Crippen LogP contribution in [-0.4, -0.2) is 19.3 Å². The Balaban J connectivity index is 1.91. The Morgan fingerprint density at radius 1 is 1.43 bits per heavy atom. The van der Waals surface area contributed by atoms with Crippen molar-refractivity contribution in [2.45, 2.75) is 13.0 Å². The van der Waals surface area contributed by atoms with Crippen molar-refractivity contribution in [3.63, 3.8) is 0 Å². The first-order valence-corrected chi connectivity index (χ1v) is 4.85. The monoisotopic (exact) mass is 190 g/mol. The number of ether oxygens (including phenoxy) is 2. The third-order valence-corrected chi connectivity index (χ3v) is 2.08. The summed E-state index contributed by atoms with van der Waals surface area (Å²) in [5, 5.41) is 0. The fourth-order valence-electron chi connectivity index (χ4n) is 1.22. The molecule has 1 heterocycles. The van der Waals surface area contributed by atoms with Gasteiger partial charge in [-0.2, -0.15) is 0 Å². The Bertz CT molecular complexity index is 310. The molecule has 1 unspecified atom stereocenters. The summed E-state index contributed by atoms with van der Waals surface area (Å²) >= 11 is 0. The number of epoxide rings is 1. The molecule has 2 nitrogen and oxygen atoms in total. The van der Waals surface area contributed by atoms with Gasteiger partial charge in [0, 0.05) is 0 Å². The second-order valence-electron chi connectivity index (χ2n) is 3.34. The van der Waals surface area contributed by atoms with Crippen LogP contribution in [0.2, 0.25) is 0 Å². The van der Waals surface area contributed by atoms with Crippen LogP contribution in [-0.2, 0) is 4.74 Å². The largest absolute Gasteiger partial charge is 0.491 e. The second-order valence-corrected chi connectivity index (χ2v) is 3.34. The van der Waals surface area contributed by atoms with E-state index < -0.39 is 0 Å². The molecule has 0 bridgehead atoms. The minimum absolute atomic E-state index is 0.324. The number of benzene rings is 1. The predicted molar refractivity (Wildman–Crippen MR) is 56.4 cm³/mol. The summed E-state index contributed by atoms with van der Waals surface area (Å²) in [6.45, 7) is 3.52. The predicted octanol–water partition coefficient (Wildman–Crippen LogP) is 2.50. The highest BCUT2D eigenvalue weighted by Crippen LogP contribution is 2.16. The average molecular weight is 190 g/mol. The fraction of sp³-hybridized carbons (Fsp3) is 0.333. The lowest BCUT2D eigenvalue weighted by Gasteiger charge is -2.03. The van der Waals surface area contributed by atoms with Gasteiger partial charge in [0.25, 0.3) is 0 Å². The van der Waals surface area contributed by atoms with E-state index >= 15 is 0 Å². The highest BCUT2D eigenvalue weighted by molar-refractivity contribution is 5.50. The molecule has 0 N–H and O–H groups in total. The average Bonchev–Trinajstić information content (AvgIpc) is 3.01. The summed E-state index contributed by atoms with van der Waals surface area (Å²) in [7, 11) is 0. The van der Waals surface area contributed by atoms with Gasteiger partial charge in [-0.1, -0.05) is 24.3 Å². The van der Waals surface area contributed by atoms with E-state index in [9.17, 15) is 0 Å². The van der Waals surface area contributed by atoms with Crippen LogP contribution in [0.5, 0.6) is 5.75 Å². The molecule has 74 valence electrons. The first-order valence-electron chi connectivity index (χ1n) is 4.85. The molecular formula is C12H14O2. The van der Waals surface area contributed by atoms with E-state index in [1.165, 1.54) is 5.56 Å². The van der Waals surface area contributed by atoms with Crippen molar-refractivity contribution >= 4 is 6.08 Å². The molecule has 1 atom stereocenters. The van der Waals surface area contributed by atoms with Gasteiger partial charge in [-0.05, 0) is 24.6 Å². The van der Waals surface area contributed by atoms with Crippen LogP contribution in [0, 0.1) is 0 Å². The highest BCUT2D eigenvalue weighted by atomic mass is 16.6. The van der Waals surface area contributed by atoms with Crippen LogP contribution in [0.1, 0.15) is 12.5 Å². The van der Waals surface area contributed by atoms with E-state index in [2.05, 4.69) is 6.08 Å². The lowest BCUT2D eigenvalue weighted by molar-refractivity contribution is 0.263. The minimum Gasteiger partial charge on any atom is -0.491 e. The van der Waals surface area contributed by atoms with Crippen molar-refractivity contribution in [2.24, 2.45) is 0 Å². The zero-order valence-corrected chi connectivity index (χ0v) is 8.27. The summed E-state index contributed by atoms with van der Waals surface area (Å²) in [6.07, 6.45) is 4.41. The highest BCUT2D eigenvalue weighted by Gasteiger charge is 2.22. The number of rotatable bonds is 4. The molecule has 0 amide bonds. The van der Waals surface area contributed by atoms with E-state index in [-0.39, 0.29) is 0 Å². The normalized spacial score (nSPS) is 19.9. The SMILES string of the molecule is C/C=C\c1ccc(OCC2CO2)cc1. The van der Waals surface area contributed by atoms with Gasteiger partial charge in [0.05, 0.1) is 6.61 Å². The molecule has 1 saturated heterocycles. The van der Waals surface area contributed by atoms with Crippen molar-refractivity contribution in [3.05, 3.63) is 35.9 Å². The molecule has 0 aromatic heterocycles. The Labute approximate surface area is 84.2 Å². The van der Waals surface area contributed by atoms with Crippen molar-refractivity contribution < 1.29 is 9.47 Å². The molecule has 1 fully saturated rings. The maximum absolute atomic E-state index is 5.51. The summed E-state index contributed by atoms with van der Waals surface area (Å²) in [5.74, 6) is 0.911. The zero-order valence-electron chi connectivity index (χ0n) is 8.27. The van der Waals surface area contributed by atoms with Crippen molar-refractivity contribution in [1.82, 2.24) is 0 Å². The summed E-state index contributed by atoms with van der Waals surface area (Å²) in [4.78, 5) is 0. The molecule has 1 aliphatic heterocycles. The van der Waals surface area contributed by atoms with Crippen molar-refractivity contribution in [3.8, 4) is 5.75 Å². The van der Waals surface area contributed by atoms with E-state index in [4.69, 9.17) is 9.47 Å². The summed E-state index contributed by atoms with van der Waals surface area (Å²) in [6, 6.07) is 8.06. The van der Waals surface area contributed by atoms with Gasteiger partial charge in [0.2, 0.25) is 0 Å². The molecule has 2 rings (SSSR count). The molecule has 1 aliphatic rings. The van der Waals surface area contributed by atoms with E-state index in [1.54, 1.807) is 0 Å². The van der Waals surface area contributed by atoms with Gasteiger partial charge >= 0.3 is 0 Å².